The Morgan fingerprint density at radius 2 is 2.02 bits per heavy atom. The number of carbonyl (C=O) groups excluding carboxylic acids is 1. The molecule has 4 saturated heterocycles. The maximum absolute atomic E-state index is 14.9. The molecule has 244 valence electrons. The van der Waals surface area contributed by atoms with Gasteiger partial charge in [0.1, 0.15) is 24.0 Å². The summed E-state index contributed by atoms with van der Waals surface area (Å²) in [6.07, 6.45) is 13.5. The van der Waals surface area contributed by atoms with E-state index in [9.17, 15) is 19.4 Å². The third kappa shape index (κ3) is 4.94. The third-order valence-corrected chi connectivity index (χ3v) is 11.5. The van der Waals surface area contributed by atoms with Crippen LogP contribution in [0, 0.1) is 18.2 Å². The molecule has 10 heteroatoms. The number of terminal acetylenes is 1. The van der Waals surface area contributed by atoms with E-state index in [0.29, 0.717) is 55.7 Å². The number of aromatic nitrogens is 2. The second-order valence-electron chi connectivity index (χ2n) is 14.0. The molecule has 1 aromatic heterocycles. The number of piperazine rings is 1. The molecule has 9 nitrogen and oxygen atoms in total. The number of aliphatic hydroxyl groups is 1. The fraction of sp³-hybridized carbons (Fsp3) is 0.486. The van der Waals surface area contributed by atoms with Crippen LogP contribution in [0.3, 0.4) is 0 Å². The Balaban J connectivity index is 1.17. The second-order valence-corrected chi connectivity index (χ2v) is 14.0. The number of carbonyl (C=O) groups is 1. The van der Waals surface area contributed by atoms with Crippen molar-refractivity contribution in [1.29, 1.82) is 0 Å². The van der Waals surface area contributed by atoms with Crippen molar-refractivity contribution < 1.29 is 24.1 Å². The lowest BCUT2D eigenvalue weighted by Crippen LogP contribution is -2.57. The highest BCUT2D eigenvalue weighted by Crippen LogP contribution is 2.44. The molecular weight excluding hydrogens is 597 g/mol. The molecular formula is C37H40FN5O4. The van der Waals surface area contributed by atoms with Gasteiger partial charge in [0.15, 0.2) is 0 Å². The Morgan fingerprint density at radius 3 is 2.77 bits per heavy atom. The number of aliphatic hydroxyl groups excluding tert-OH is 1. The number of phenolic OH excluding ortho intramolecular Hbond substituents is 1. The van der Waals surface area contributed by atoms with Crippen LogP contribution < -0.4 is 9.64 Å². The number of fused-ring (bicyclic) bond motifs is 5. The summed E-state index contributed by atoms with van der Waals surface area (Å²) in [6, 6.07) is 6.16. The second kappa shape index (κ2) is 11.5. The van der Waals surface area contributed by atoms with Gasteiger partial charge in [-0.05, 0) is 106 Å². The van der Waals surface area contributed by atoms with Crippen molar-refractivity contribution in [2.45, 2.75) is 81.0 Å². The highest BCUT2D eigenvalue weighted by atomic mass is 19.1. The van der Waals surface area contributed by atoms with E-state index < -0.39 is 11.9 Å². The molecule has 0 radical (unpaired) electrons. The maximum atomic E-state index is 14.9. The van der Waals surface area contributed by atoms with Gasteiger partial charge in [0.25, 0.3) is 0 Å². The number of nitrogens with zero attached hydrogens (tertiary/aromatic N) is 5. The maximum Gasteiger partial charge on any atom is 0.318 e. The minimum atomic E-state index is -0.619. The van der Waals surface area contributed by atoms with Gasteiger partial charge in [-0.25, -0.2) is 4.39 Å². The van der Waals surface area contributed by atoms with Gasteiger partial charge in [0.2, 0.25) is 5.91 Å². The van der Waals surface area contributed by atoms with Crippen LogP contribution in [0.4, 0.5) is 10.2 Å². The first-order chi connectivity index (χ1) is 22.8. The molecule has 47 heavy (non-hydrogen) atoms. The molecule has 1 amide bonds. The van der Waals surface area contributed by atoms with E-state index in [-0.39, 0.29) is 40.8 Å². The number of anilines is 1. The van der Waals surface area contributed by atoms with Crippen molar-refractivity contribution in [3.05, 3.63) is 65.1 Å². The molecule has 4 fully saturated rings. The number of amides is 1. The number of halogens is 1. The number of rotatable bonds is 6. The molecule has 8 rings (SSSR count). The fourth-order valence-electron chi connectivity index (χ4n) is 9.30. The minimum Gasteiger partial charge on any atom is -0.508 e. The highest BCUT2D eigenvalue weighted by Gasteiger charge is 2.49. The van der Waals surface area contributed by atoms with Gasteiger partial charge in [0, 0.05) is 24.0 Å². The summed E-state index contributed by atoms with van der Waals surface area (Å²) in [5, 5.41) is 22.9. The van der Waals surface area contributed by atoms with E-state index in [1.165, 1.54) is 12.1 Å². The van der Waals surface area contributed by atoms with Gasteiger partial charge in [-0.2, -0.15) is 9.97 Å². The summed E-state index contributed by atoms with van der Waals surface area (Å²) in [5.74, 6) is 2.76. The van der Waals surface area contributed by atoms with Crippen LogP contribution in [-0.2, 0) is 17.6 Å². The summed E-state index contributed by atoms with van der Waals surface area (Å²) in [5.41, 5.74) is 2.93. The summed E-state index contributed by atoms with van der Waals surface area (Å²) >= 11 is 0. The molecule has 3 aromatic rings. The van der Waals surface area contributed by atoms with Gasteiger partial charge >= 0.3 is 6.01 Å². The van der Waals surface area contributed by atoms with Crippen LogP contribution in [0.2, 0.25) is 0 Å². The van der Waals surface area contributed by atoms with Gasteiger partial charge in [0.05, 0.1) is 35.0 Å². The zero-order chi connectivity index (χ0) is 32.4. The van der Waals surface area contributed by atoms with Crippen LogP contribution >= 0.6 is 0 Å². The van der Waals surface area contributed by atoms with E-state index in [0.717, 1.165) is 67.8 Å². The number of hydrogen-bond donors (Lipinski definition) is 2. The summed E-state index contributed by atoms with van der Waals surface area (Å²) in [4.78, 5) is 29.3. The molecule has 0 unspecified atom stereocenters. The Bertz CT molecular complexity index is 1810. The minimum absolute atomic E-state index is 0.0258. The number of phenols is 1. The predicted octanol–water partition coefficient (Wildman–Crippen LogP) is 4.07. The normalized spacial score (nSPS) is 26.2. The summed E-state index contributed by atoms with van der Waals surface area (Å²) in [7, 11) is 0. The molecule has 1 aliphatic carbocycles. The molecule has 4 atom stereocenters. The lowest BCUT2D eigenvalue weighted by atomic mass is 9.79. The van der Waals surface area contributed by atoms with Crippen LogP contribution in [0.5, 0.6) is 11.8 Å². The van der Waals surface area contributed by atoms with Gasteiger partial charge < -0.3 is 24.7 Å². The quantitative estimate of drug-likeness (QED) is 0.308. The van der Waals surface area contributed by atoms with Crippen molar-refractivity contribution in [3.63, 3.8) is 0 Å². The Hall–Kier alpha value is -4.20. The number of benzene rings is 2. The first-order valence-corrected chi connectivity index (χ1v) is 16.9. The van der Waals surface area contributed by atoms with E-state index in [2.05, 4.69) is 22.3 Å². The third-order valence-electron chi connectivity index (χ3n) is 11.5. The zero-order valence-corrected chi connectivity index (χ0v) is 26.5. The Kier molecular flexibility index (Phi) is 7.38. The topological polar surface area (TPSA) is 102 Å². The Morgan fingerprint density at radius 1 is 1.21 bits per heavy atom. The van der Waals surface area contributed by atoms with Crippen LogP contribution in [0.15, 0.2) is 36.9 Å². The Labute approximate surface area is 274 Å². The van der Waals surface area contributed by atoms with Crippen molar-refractivity contribution >= 4 is 22.5 Å². The largest absolute Gasteiger partial charge is 0.508 e. The zero-order valence-electron chi connectivity index (χ0n) is 26.5. The molecule has 5 heterocycles. The van der Waals surface area contributed by atoms with Gasteiger partial charge in [-0.15, -0.1) is 6.42 Å². The summed E-state index contributed by atoms with van der Waals surface area (Å²) < 4.78 is 21.4. The fourth-order valence-corrected chi connectivity index (χ4v) is 9.30. The van der Waals surface area contributed by atoms with Crippen molar-refractivity contribution in [1.82, 2.24) is 19.8 Å². The van der Waals surface area contributed by atoms with Crippen LogP contribution in [-0.4, -0.2) is 92.4 Å². The summed E-state index contributed by atoms with van der Waals surface area (Å²) in [6.45, 7) is 7.39. The first kappa shape index (κ1) is 30.2. The van der Waals surface area contributed by atoms with Crippen molar-refractivity contribution in [3.8, 4) is 24.1 Å². The average molecular weight is 638 g/mol. The van der Waals surface area contributed by atoms with Gasteiger partial charge in [-0.1, -0.05) is 18.6 Å². The molecule has 2 N–H and O–H groups in total. The monoisotopic (exact) mass is 637 g/mol. The van der Waals surface area contributed by atoms with Crippen molar-refractivity contribution in [2.24, 2.45) is 0 Å². The smallest absolute Gasteiger partial charge is 0.318 e. The standard InChI is InChI=1S/C37H40FN5O4/c1-3-26-29(38)10-8-23-15-25(44)18-28(34(23)26)22-7-9-27-30(16-22)39-36(47-21-37-11-5-13-42(37)14-6-12-37)40-35(27)41-19-24-17-32(45)31(20-41)43(24)33(46)4-2/h1,4,8,10,15,18,22,24,31-32,44-45H,2,5-7,9,11-14,16-17,19-21H2/t22-,24+,31+,32+/m0/s1. The highest BCUT2D eigenvalue weighted by molar-refractivity contribution is 5.93. The lowest BCUT2D eigenvalue weighted by Gasteiger charge is -2.42. The molecule has 4 aliphatic heterocycles. The van der Waals surface area contributed by atoms with E-state index >= 15 is 0 Å². The van der Waals surface area contributed by atoms with Crippen LogP contribution in [0.25, 0.3) is 10.8 Å². The first-order valence-electron chi connectivity index (χ1n) is 16.9. The molecule has 2 aromatic carbocycles. The van der Waals surface area contributed by atoms with E-state index in [1.807, 2.05) is 0 Å². The molecule has 2 bridgehead atoms. The lowest BCUT2D eigenvalue weighted by molar-refractivity contribution is -0.130. The van der Waals surface area contributed by atoms with E-state index in [4.69, 9.17) is 21.1 Å². The van der Waals surface area contributed by atoms with Gasteiger partial charge in [-0.3, -0.25) is 9.69 Å². The average Bonchev–Trinajstić information content (AvgIpc) is 3.71. The molecule has 0 saturated carbocycles. The van der Waals surface area contributed by atoms with E-state index in [1.54, 1.807) is 23.1 Å². The van der Waals surface area contributed by atoms with Crippen LogP contribution in [0.1, 0.15) is 66.8 Å². The van der Waals surface area contributed by atoms with Crippen molar-refractivity contribution in [2.75, 3.05) is 37.7 Å². The number of hydrogen-bond acceptors (Lipinski definition) is 8. The molecule has 5 aliphatic rings. The SMILES string of the molecule is C#Cc1c(F)ccc2cc(O)cc([C@H]3CCc4c(nc(OCC56CCCN5CCC6)nc4N4C[C@H]5C[C@@H](O)[C@@H](C4)N5C(=O)C=C)C3)c12. The number of aromatic hydroxyl groups is 1. The predicted molar refractivity (Wildman–Crippen MR) is 176 cm³/mol. The number of ether oxygens (including phenoxy) is 1. The molecule has 0 spiro atoms.